The fraction of sp³-hybridized carbons (Fsp3) is 0.192. The van der Waals surface area contributed by atoms with Gasteiger partial charge in [-0.3, -0.25) is 19.3 Å². The Hall–Kier alpha value is -3.85. The van der Waals surface area contributed by atoms with Gasteiger partial charge in [0.05, 0.1) is 10.6 Å². The summed E-state index contributed by atoms with van der Waals surface area (Å²) in [7, 11) is 0. The highest BCUT2D eigenvalue weighted by Gasteiger charge is 2.37. The van der Waals surface area contributed by atoms with Gasteiger partial charge in [0.25, 0.3) is 11.1 Å². The highest BCUT2D eigenvalue weighted by Crippen LogP contribution is 2.33. The van der Waals surface area contributed by atoms with Gasteiger partial charge >= 0.3 is 0 Å². The molecule has 2 aliphatic heterocycles. The lowest BCUT2D eigenvalue weighted by atomic mass is 10.2. The molecule has 5 rings (SSSR count). The summed E-state index contributed by atoms with van der Waals surface area (Å²) in [5.74, 6) is -1.17. The van der Waals surface area contributed by atoms with Crippen LogP contribution in [0, 0.1) is 5.82 Å². The van der Waals surface area contributed by atoms with E-state index in [-0.39, 0.29) is 17.4 Å². The number of imide groups is 1. The van der Waals surface area contributed by atoms with Crippen LogP contribution in [0.3, 0.4) is 0 Å². The van der Waals surface area contributed by atoms with Crippen LogP contribution in [0.2, 0.25) is 0 Å². The van der Waals surface area contributed by atoms with E-state index >= 15 is 0 Å². The number of piperazine rings is 1. The number of benzene rings is 2. The lowest BCUT2D eigenvalue weighted by Gasteiger charge is -2.36. The monoisotopic (exact) mass is 490 g/mol. The van der Waals surface area contributed by atoms with Crippen LogP contribution in [-0.2, 0) is 9.59 Å². The Morgan fingerprint density at radius 3 is 2.37 bits per heavy atom. The minimum atomic E-state index is -0.516. The fourth-order valence-electron chi connectivity index (χ4n) is 4.24. The third-order valence-corrected chi connectivity index (χ3v) is 7.00. The molecular formula is C26H23FN4O3S. The molecule has 0 atom stereocenters. The molecule has 0 radical (unpaired) electrons. The Balaban J connectivity index is 1.25. The first-order valence-electron chi connectivity index (χ1n) is 11.3. The third kappa shape index (κ3) is 4.72. The second-order valence-corrected chi connectivity index (χ2v) is 9.22. The van der Waals surface area contributed by atoms with Gasteiger partial charge in [-0.2, -0.15) is 0 Å². The summed E-state index contributed by atoms with van der Waals surface area (Å²) in [4.78, 5) is 43.5. The van der Waals surface area contributed by atoms with Crippen LogP contribution in [0.5, 0.6) is 0 Å². The molecule has 0 N–H and O–H groups in total. The second-order valence-electron chi connectivity index (χ2n) is 8.23. The van der Waals surface area contributed by atoms with Crippen molar-refractivity contribution in [1.29, 1.82) is 0 Å². The Bertz CT molecular complexity index is 1300. The predicted octanol–water partition coefficient (Wildman–Crippen LogP) is 4.00. The molecule has 7 nitrogen and oxygen atoms in total. The first-order chi connectivity index (χ1) is 17.0. The summed E-state index contributed by atoms with van der Waals surface area (Å²) in [5, 5.41) is -0.485. The minimum absolute atomic E-state index is 0.202. The molecule has 35 heavy (non-hydrogen) atoms. The van der Waals surface area contributed by atoms with Crippen LogP contribution in [-0.4, -0.2) is 64.1 Å². The smallest absolute Gasteiger partial charge is 0.294 e. The number of carbonyl (C=O) groups is 3. The van der Waals surface area contributed by atoms with E-state index in [4.69, 9.17) is 0 Å². The van der Waals surface area contributed by atoms with E-state index in [0.717, 1.165) is 22.3 Å². The number of amides is 3. The third-order valence-electron chi connectivity index (χ3n) is 6.09. The SMILES string of the molecule is O=C(CN1C(=O)S/C(=C/c2cccn2-c2ccccc2F)C1=O)N1CCN(c2ccccc2)CC1. The van der Waals surface area contributed by atoms with Crippen molar-refractivity contribution in [1.82, 2.24) is 14.4 Å². The maximum absolute atomic E-state index is 14.3. The summed E-state index contributed by atoms with van der Waals surface area (Å²) in [5.41, 5.74) is 2.01. The summed E-state index contributed by atoms with van der Waals surface area (Å²) in [6.45, 7) is 2.13. The first-order valence-corrected chi connectivity index (χ1v) is 12.1. The van der Waals surface area contributed by atoms with Crippen LogP contribution >= 0.6 is 11.8 Å². The highest BCUT2D eigenvalue weighted by atomic mass is 32.2. The largest absolute Gasteiger partial charge is 0.368 e. The van der Waals surface area contributed by atoms with E-state index in [2.05, 4.69) is 4.90 Å². The lowest BCUT2D eigenvalue weighted by molar-refractivity contribution is -0.136. The Labute approximate surface area is 206 Å². The molecule has 9 heteroatoms. The van der Waals surface area contributed by atoms with Gasteiger partial charge in [0.1, 0.15) is 12.4 Å². The van der Waals surface area contributed by atoms with Gasteiger partial charge in [-0.05, 0) is 54.2 Å². The maximum atomic E-state index is 14.3. The molecule has 3 amide bonds. The molecule has 0 spiro atoms. The first kappa shape index (κ1) is 22.9. The molecule has 0 aliphatic carbocycles. The molecule has 0 saturated carbocycles. The molecular weight excluding hydrogens is 467 g/mol. The topological polar surface area (TPSA) is 65.9 Å². The van der Waals surface area contributed by atoms with E-state index < -0.39 is 17.0 Å². The van der Waals surface area contributed by atoms with Gasteiger partial charge in [-0.15, -0.1) is 0 Å². The fourth-order valence-corrected chi connectivity index (χ4v) is 5.06. The Morgan fingerprint density at radius 2 is 1.63 bits per heavy atom. The van der Waals surface area contributed by atoms with Gasteiger partial charge in [0.15, 0.2) is 0 Å². The van der Waals surface area contributed by atoms with Gasteiger partial charge in [0, 0.05) is 43.8 Å². The van der Waals surface area contributed by atoms with E-state index in [1.165, 1.54) is 6.07 Å². The van der Waals surface area contributed by atoms with Gasteiger partial charge in [-0.1, -0.05) is 30.3 Å². The second kappa shape index (κ2) is 9.79. The number of anilines is 1. The average molecular weight is 491 g/mol. The van der Waals surface area contributed by atoms with Crippen molar-refractivity contribution in [3.63, 3.8) is 0 Å². The van der Waals surface area contributed by atoms with Crippen molar-refractivity contribution < 1.29 is 18.8 Å². The normalized spacial score (nSPS) is 17.5. The number of para-hydroxylation sites is 2. The van der Waals surface area contributed by atoms with Crippen LogP contribution in [0.1, 0.15) is 5.69 Å². The standard InChI is InChI=1S/C26H23FN4O3S/c27-21-10-4-5-11-22(21)30-12-6-9-20(30)17-23-25(33)31(26(34)35-23)18-24(32)29-15-13-28(14-16-29)19-7-2-1-3-8-19/h1-12,17H,13-16,18H2/b23-17+. The molecule has 3 heterocycles. The number of hydrogen-bond donors (Lipinski definition) is 0. The number of nitrogens with zero attached hydrogens (tertiary/aromatic N) is 4. The van der Waals surface area contributed by atoms with Crippen molar-refractivity contribution in [2.24, 2.45) is 0 Å². The molecule has 2 fully saturated rings. The molecule has 0 bridgehead atoms. The summed E-state index contributed by atoms with van der Waals surface area (Å²) in [6.07, 6.45) is 3.24. The highest BCUT2D eigenvalue weighted by molar-refractivity contribution is 8.18. The maximum Gasteiger partial charge on any atom is 0.294 e. The van der Waals surface area contributed by atoms with E-state index in [1.54, 1.807) is 52.1 Å². The number of thioether (sulfide) groups is 1. The van der Waals surface area contributed by atoms with Gasteiger partial charge < -0.3 is 14.4 Å². The van der Waals surface area contributed by atoms with E-state index in [0.29, 0.717) is 37.6 Å². The van der Waals surface area contributed by atoms with Crippen molar-refractivity contribution in [3.8, 4) is 5.69 Å². The lowest BCUT2D eigenvalue weighted by Crippen LogP contribution is -2.51. The summed E-state index contributed by atoms with van der Waals surface area (Å²) in [6, 6.07) is 19.8. The van der Waals surface area contributed by atoms with E-state index in [1.807, 2.05) is 30.3 Å². The van der Waals surface area contributed by atoms with Crippen LogP contribution in [0.4, 0.5) is 14.9 Å². The van der Waals surface area contributed by atoms with Crippen molar-refractivity contribution >= 4 is 40.6 Å². The number of carbonyl (C=O) groups excluding carboxylic acids is 3. The number of halogens is 1. The quantitative estimate of drug-likeness (QED) is 0.506. The molecule has 2 saturated heterocycles. The zero-order valence-electron chi connectivity index (χ0n) is 18.8. The van der Waals surface area contributed by atoms with Crippen LogP contribution in [0.25, 0.3) is 11.8 Å². The summed E-state index contributed by atoms with van der Waals surface area (Å²) < 4.78 is 15.9. The zero-order chi connectivity index (χ0) is 24.4. The molecule has 178 valence electrons. The minimum Gasteiger partial charge on any atom is -0.368 e. The number of hydrogen-bond acceptors (Lipinski definition) is 5. The number of rotatable bonds is 5. The molecule has 2 aromatic carbocycles. The molecule has 1 aromatic heterocycles. The molecule has 2 aliphatic rings. The van der Waals surface area contributed by atoms with Crippen molar-refractivity contribution in [3.05, 3.63) is 89.3 Å². The summed E-state index contributed by atoms with van der Waals surface area (Å²) >= 11 is 0.787. The van der Waals surface area contributed by atoms with Crippen LogP contribution < -0.4 is 4.90 Å². The molecule has 3 aromatic rings. The van der Waals surface area contributed by atoms with Gasteiger partial charge in [-0.25, -0.2) is 4.39 Å². The molecule has 0 unspecified atom stereocenters. The van der Waals surface area contributed by atoms with Crippen molar-refractivity contribution in [2.75, 3.05) is 37.6 Å². The Morgan fingerprint density at radius 1 is 0.914 bits per heavy atom. The Kier molecular flexibility index (Phi) is 6.41. The number of aromatic nitrogens is 1. The van der Waals surface area contributed by atoms with E-state index in [9.17, 15) is 18.8 Å². The predicted molar refractivity (Wildman–Crippen MR) is 134 cm³/mol. The zero-order valence-corrected chi connectivity index (χ0v) is 19.7. The van der Waals surface area contributed by atoms with Crippen LogP contribution in [0.15, 0.2) is 77.8 Å². The van der Waals surface area contributed by atoms with Crippen molar-refractivity contribution in [2.45, 2.75) is 0 Å². The average Bonchev–Trinajstić information content (AvgIpc) is 3.44. The van der Waals surface area contributed by atoms with Gasteiger partial charge in [0.2, 0.25) is 5.91 Å².